The van der Waals surface area contributed by atoms with E-state index in [1.165, 1.54) is 30.3 Å². The second-order valence-electron chi connectivity index (χ2n) is 3.16. The number of non-ortho nitro benzene ring substituents is 1. The highest BCUT2D eigenvalue weighted by Crippen LogP contribution is 2.13. The molecule has 0 atom stereocenters. The second kappa shape index (κ2) is 6.48. The van der Waals surface area contributed by atoms with Gasteiger partial charge in [0.2, 0.25) is 0 Å². The van der Waals surface area contributed by atoms with Crippen molar-refractivity contribution in [3.63, 3.8) is 0 Å². The van der Waals surface area contributed by atoms with Crippen molar-refractivity contribution in [2.24, 2.45) is 0 Å². The maximum atomic E-state index is 11.3. The summed E-state index contributed by atoms with van der Waals surface area (Å²) in [5.41, 5.74) is 0.451. The Kier molecular flexibility index (Phi) is 5.26. The molecule has 0 N–H and O–H groups in total. The van der Waals surface area contributed by atoms with Gasteiger partial charge in [-0.1, -0.05) is 0 Å². The smallest absolute Gasteiger partial charge is 0.266 e. The van der Waals surface area contributed by atoms with Crippen LogP contribution in [0.3, 0.4) is 0 Å². The highest BCUT2D eigenvalue weighted by Gasteiger charge is 2.06. The predicted molar refractivity (Wildman–Crippen MR) is 67.7 cm³/mol. The van der Waals surface area contributed by atoms with Crippen LogP contribution in [0.15, 0.2) is 29.7 Å². The van der Waals surface area contributed by atoms with Gasteiger partial charge >= 0.3 is 0 Å². The minimum atomic E-state index is -3.77. The Balaban J connectivity index is 2.75. The molecule has 0 aliphatic carbocycles. The Morgan fingerprint density at radius 1 is 1.33 bits per heavy atom. The molecule has 0 aliphatic heterocycles. The summed E-state index contributed by atoms with van der Waals surface area (Å²) in [4.78, 5) is 9.87. The first-order chi connectivity index (χ1) is 8.44. The van der Waals surface area contributed by atoms with Crippen LogP contribution in [0, 0.1) is 10.1 Å². The van der Waals surface area contributed by atoms with Crippen molar-refractivity contribution in [1.29, 1.82) is 0 Å². The van der Waals surface area contributed by atoms with Crippen LogP contribution >= 0.6 is 11.6 Å². The molecule has 0 radical (unpaired) electrons. The average Bonchev–Trinajstić information content (AvgIpc) is 2.35. The zero-order chi connectivity index (χ0) is 13.6. The van der Waals surface area contributed by atoms with Crippen LogP contribution in [0.5, 0.6) is 0 Å². The summed E-state index contributed by atoms with van der Waals surface area (Å²) in [6.45, 7) is -0.103. The zero-order valence-corrected chi connectivity index (χ0v) is 10.7. The van der Waals surface area contributed by atoms with Gasteiger partial charge in [-0.05, 0) is 23.8 Å². The lowest BCUT2D eigenvalue weighted by molar-refractivity contribution is -0.384. The molecule has 1 aromatic rings. The van der Waals surface area contributed by atoms with Gasteiger partial charge in [0, 0.05) is 18.0 Å². The Morgan fingerprint density at radius 2 is 1.94 bits per heavy atom. The maximum Gasteiger partial charge on any atom is 0.290 e. The van der Waals surface area contributed by atoms with Gasteiger partial charge in [-0.25, -0.2) is 0 Å². The number of halogens is 1. The molecule has 0 aliphatic rings. The van der Waals surface area contributed by atoms with E-state index in [-0.39, 0.29) is 18.2 Å². The Labute approximate surface area is 109 Å². The van der Waals surface area contributed by atoms with E-state index in [0.717, 1.165) is 5.41 Å². The molecule has 6 nitrogen and oxygen atoms in total. The van der Waals surface area contributed by atoms with E-state index < -0.39 is 15.0 Å². The van der Waals surface area contributed by atoms with Crippen molar-refractivity contribution < 1.29 is 17.5 Å². The molecule has 0 amide bonds. The number of alkyl halides is 1. The third-order valence-electron chi connectivity index (χ3n) is 1.86. The number of hydrogen-bond donors (Lipinski definition) is 0. The monoisotopic (exact) mass is 291 g/mol. The summed E-state index contributed by atoms with van der Waals surface area (Å²) >= 11 is 5.29. The molecule has 0 saturated carbocycles. The van der Waals surface area contributed by atoms with Crippen molar-refractivity contribution in [2.45, 2.75) is 0 Å². The molecule has 1 rings (SSSR count). The molecular formula is C10H10ClNO5S. The molecule has 0 aromatic heterocycles. The molecule has 0 heterocycles. The summed E-state index contributed by atoms with van der Waals surface area (Å²) < 4.78 is 27.0. The molecule has 0 spiro atoms. The van der Waals surface area contributed by atoms with Crippen molar-refractivity contribution in [1.82, 2.24) is 0 Å². The SMILES string of the molecule is O=[N+]([O-])c1ccc(/C=C\S(=O)(=O)OCCCl)cc1. The maximum absolute atomic E-state index is 11.3. The van der Waals surface area contributed by atoms with E-state index in [1.807, 2.05) is 0 Å². The van der Waals surface area contributed by atoms with Gasteiger partial charge < -0.3 is 0 Å². The van der Waals surface area contributed by atoms with Crippen molar-refractivity contribution in [2.75, 3.05) is 12.5 Å². The van der Waals surface area contributed by atoms with Crippen molar-refractivity contribution in [3.05, 3.63) is 45.4 Å². The van der Waals surface area contributed by atoms with Gasteiger partial charge in [-0.2, -0.15) is 8.42 Å². The van der Waals surface area contributed by atoms with Crippen LogP contribution in [-0.4, -0.2) is 25.8 Å². The first-order valence-corrected chi connectivity index (χ1v) is 6.83. The van der Waals surface area contributed by atoms with Gasteiger partial charge in [0.15, 0.2) is 0 Å². The van der Waals surface area contributed by atoms with E-state index >= 15 is 0 Å². The number of benzene rings is 1. The molecule has 98 valence electrons. The molecule has 0 saturated heterocycles. The first kappa shape index (κ1) is 14.6. The number of hydrogen-bond acceptors (Lipinski definition) is 5. The summed E-state index contributed by atoms with van der Waals surface area (Å²) in [5.74, 6) is 0.0740. The molecule has 18 heavy (non-hydrogen) atoms. The Morgan fingerprint density at radius 3 is 2.44 bits per heavy atom. The van der Waals surface area contributed by atoms with E-state index in [0.29, 0.717) is 5.56 Å². The van der Waals surface area contributed by atoms with Crippen LogP contribution in [0.4, 0.5) is 5.69 Å². The number of rotatable bonds is 6. The molecule has 0 unspecified atom stereocenters. The van der Waals surface area contributed by atoms with Crippen LogP contribution in [0.25, 0.3) is 6.08 Å². The fourth-order valence-corrected chi connectivity index (χ4v) is 1.94. The van der Waals surface area contributed by atoms with E-state index in [1.54, 1.807) is 0 Å². The molecular weight excluding hydrogens is 282 g/mol. The predicted octanol–water partition coefficient (Wildman–Crippen LogP) is 2.15. The number of nitro benzene ring substituents is 1. The summed E-state index contributed by atoms with van der Waals surface area (Å²) in [7, 11) is -3.77. The Bertz CT molecular complexity index is 538. The quantitative estimate of drug-likeness (QED) is 0.347. The number of nitro groups is 1. The Hall–Kier alpha value is -1.44. The van der Waals surface area contributed by atoms with Gasteiger partial charge in [0.25, 0.3) is 15.8 Å². The average molecular weight is 292 g/mol. The first-order valence-electron chi connectivity index (χ1n) is 4.82. The van der Waals surface area contributed by atoms with E-state index in [4.69, 9.17) is 11.6 Å². The fourth-order valence-electron chi connectivity index (χ4n) is 1.06. The third-order valence-corrected chi connectivity index (χ3v) is 2.97. The molecule has 0 fully saturated rings. The second-order valence-corrected chi connectivity index (χ2v) is 5.03. The highest BCUT2D eigenvalue weighted by molar-refractivity contribution is 7.89. The highest BCUT2D eigenvalue weighted by atomic mass is 35.5. The molecule has 8 heteroatoms. The van der Waals surface area contributed by atoms with Gasteiger partial charge in [0.05, 0.1) is 16.9 Å². The van der Waals surface area contributed by atoms with Crippen LogP contribution in [0.2, 0.25) is 0 Å². The minimum Gasteiger partial charge on any atom is -0.266 e. The van der Waals surface area contributed by atoms with Crippen molar-refractivity contribution >= 4 is 33.5 Å². The van der Waals surface area contributed by atoms with Crippen LogP contribution < -0.4 is 0 Å². The van der Waals surface area contributed by atoms with Crippen LogP contribution in [0.1, 0.15) is 5.56 Å². The van der Waals surface area contributed by atoms with E-state index in [9.17, 15) is 18.5 Å². The third kappa shape index (κ3) is 4.82. The van der Waals surface area contributed by atoms with Crippen molar-refractivity contribution in [3.8, 4) is 0 Å². The van der Waals surface area contributed by atoms with Gasteiger partial charge in [-0.15, -0.1) is 11.6 Å². The van der Waals surface area contributed by atoms with Gasteiger partial charge in [0.1, 0.15) is 0 Å². The standard InChI is InChI=1S/C10H10ClNO5S/c11-6-7-17-18(15,16)8-5-9-1-3-10(4-2-9)12(13)14/h1-5,8H,6-7H2/b8-5-. The normalized spacial score (nSPS) is 11.8. The lowest BCUT2D eigenvalue weighted by Crippen LogP contribution is -2.03. The summed E-state index contributed by atoms with van der Waals surface area (Å²) in [5, 5.41) is 11.3. The summed E-state index contributed by atoms with van der Waals surface area (Å²) in [6.07, 6.45) is 1.29. The fraction of sp³-hybridized carbons (Fsp3) is 0.200. The zero-order valence-electron chi connectivity index (χ0n) is 9.15. The number of nitrogens with zero attached hydrogens (tertiary/aromatic N) is 1. The summed E-state index contributed by atoms with van der Waals surface area (Å²) in [6, 6.07) is 5.44. The van der Waals surface area contributed by atoms with E-state index in [2.05, 4.69) is 4.18 Å². The van der Waals surface area contributed by atoms with Gasteiger partial charge in [-0.3, -0.25) is 14.3 Å². The molecule has 1 aromatic carbocycles. The minimum absolute atomic E-state index is 0.0617. The molecule has 0 bridgehead atoms. The lowest BCUT2D eigenvalue weighted by Gasteiger charge is -1.98. The lowest BCUT2D eigenvalue weighted by atomic mass is 10.2. The topological polar surface area (TPSA) is 86.5 Å². The largest absolute Gasteiger partial charge is 0.290 e. The van der Waals surface area contributed by atoms with Crippen LogP contribution in [-0.2, 0) is 14.3 Å².